The first-order valence-electron chi connectivity index (χ1n) is 12.2. The topological polar surface area (TPSA) is 52.7 Å². The van der Waals surface area contributed by atoms with E-state index in [9.17, 15) is 9.59 Å². The minimum Gasteiger partial charge on any atom is -0.343 e. The van der Waals surface area contributed by atoms with Gasteiger partial charge in [0.05, 0.1) is 5.41 Å². The SMILES string of the molecule is CN(C(=O)C(Cc1ccccc1)NC(=O)C1(c2ccc(Cl)cc2Cl)CC1)C1CN2CCC23CC13. The van der Waals surface area contributed by atoms with Gasteiger partial charge in [-0.15, -0.1) is 0 Å². The van der Waals surface area contributed by atoms with Gasteiger partial charge in [0, 0.05) is 54.1 Å². The summed E-state index contributed by atoms with van der Waals surface area (Å²) in [5.74, 6) is 0.438. The second-order valence-electron chi connectivity index (χ2n) is 10.5. The minimum atomic E-state index is -0.686. The van der Waals surface area contributed by atoms with Crippen molar-refractivity contribution in [2.75, 3.05) is 20.1 Å². The Bertz CT molecular complexity index is 1150. The molecule has 7 heteroatoms. The number of carbonyl (C=O) groups is 2. The van der Waals surface area contributed by atoms with Crippen LogP contribution in [0.25, 0.3) is 0 Å². The Balaban J connectivity index is 1.24. The molecule has 2 aliphatic carbocycles. The highest BCUT2D eigenvalue weighted by molar-refractivity contribution is 6.35. The van der Waals surface area contributed by atoms with Crippen molar-refractivity contribution < 1.29 is 9.59 Å². The Morgan fingerprint density at radius 2 is 1.91 bits per heavy atom. The van der Waals surface area contributed by atoms with Crippen molar-refractivity contribution in [1.82, 2.24) is 15.1 Å². The first kappa shape index (κ1) is 22.4. The van der Waals surface area contributed by atoms with Crippen LogP contribution in [0.5, 0.6) is 0 Å². The zero-order valence-electron chi connectivity index (χ0n) is 19.3. The van der Waals surface area contributed by atoms with Gasteiger partial charge in [0.25, 0.3) is 0 Å². The van der Waals surface area contributed by atoms with E-state index in [2.05, 4.69) is 10.2 Å². The van der Waals surface area contributed by atoms with E-state index in [4.69, 9.17) is 23.2 Å². The predicted molar refractivity (Wildman–Crippen MR) is 133 cm³/mol. The molecule has 4 fully saturated rings. The van der Waals surface area contributed by atoms with Crippen LogP contribution in [0.3, 0.4) is 0 Å². The van der Waals surface area contributed by atoms with Crippen molar-refractivity contribution in [3.05, 3.63) is 69.7 Å². The van der Waals surface area contributed by atoms with Crippen LogP contribution in [0.2, 0.25) is 10.0 Å². The number of hydrogen-bond acceptors (Lipinski definition) is 3. The number of carbonyl (C=O) groups excluding carboxylic acids is 2. The van der Waals surface area contributed by atoms with Crippen LogP contribution in [0.1, 0.15) is 36.8 Å². The average Bonchev–Trinajstić information content (AvgIpc) is 3.72. The molecular formula is C27H29Cl2N3O2. The molecule has 5 nitrogen and oxygen atoms in total. The fraction of sp³-hybridized carbons (Fsp3) is 0.481. The van der Waals surface area contributed by atoms with E-state index < -0.39 is 11.5 Å². The quantitative estimate of drug-likeness (QED) is 0.627. The van der Waals surface area contributed by atoms with Crippen molar-refractivity contribution >= 4 is 35.0 Å². The van der Waals surface area contributed by atoms with Gasteiger partial charge in [-0.3, -0.25) is 14.5 Å². The molecule has 1 spiro atoms. The second kappa shape index (κ2) is 7.97. The number of rotatable bonds is 7. The summed E-state index contributed by atoms with van der Waals surface area (Å²) in [6.45, 7) is 2.09. The standard InChI is InChI=1S/C27H29Cl2N3O2/c1-31(23-16-32-12-11-27(32)15-20(23)27)24(33)22(13-17-5-3-2-4-6-17)30-25(34)26(9-10-26)19-8-7-18(28)14-21(19)29/h2-8,14,20,22-23H,9-13,15-16H2,1H3,(H,30,34). The van der Waals surface area contributed by atoms with Gasteiger partial charge in [0.1, 0.15) is 6.04 Å². The number of hydrogen-bond donors (Lipinski definition) is 1. The van der Waals surface area contributed by atoms with Gasteiger partial charge in [-0.1, -0.05) is 59.6 Å². The van der Waals surface area contributed by atoms with Crippen LogP contribution in [0, 0.1) is 5.92 Å². The first-order valence-corrected chi connectivity index (χ1v) is 12.9. The molecule has 1 N–H and O–H groups in total. The molecule has 34 heavy (non-hydrogen) atoms. The summed E-state index contributed by atoms with van der Waals surface area (Å²) in [7, 11) is 1.91. The number of amides is 2. The monoisotopic (exact) mass is 497 g/mol. The van der Waals surface area contributed by atoms with Crippen LogP contribution < -0.4 is 5.32 Å². The summed E-state index contributed by atoms with van der Waals surface area (Å²) in [6.07, 6.45) is 4.34. The Morgan fingerprint density at radius 1 is 1.15 bits per heavy atom. The van der Waals surface area contributed by atoms with Gasteiger partial charge in [-0.2, -0.15) is 0 Å². The molecule has 2 aromatic rings. The largest absolute Gasteiger partial charge is 0.343 e. The number of benzene rings is 2. The summed E-state index contributed by atoms with van der Waals surface area (Å²) in [5, 5.41) is 4.18. The fourth-order valence-electron chi connectivity index (χ4n) is 6.42. The van der Waals surface area contributed by atoms with Gasteiger partial charge in [0.2, 0.25) is 11.8 Å². The van der Waals surface area contributed by atoms with Gasteiger partial charge in [0.15, 0.2) is 0 Å². The van der Waals surface area contributed by atoms with Gasteiger partial charge >= 0.3 is 0 Å². The van der Waals surface area contributed by atoms with Crippen LogP contribution in [-0.4, -0.2) is 59.4 Å². The zero-order valence-corrected chi connectivity index (χ0v) is 20.8. The molecule has 0 bridgehead atoms. The summed E-state index contributed by atoms with van der Waals surface area (Å²) < 4.78 is 0. The lowest BCUT2D eigenvalue weighted by atomic mass is 9.93. The average molecular weight is 498 g/mol. The molecule has 2 heterocycles. The third-order valence-corrected chi connectivity index (χ3v) is 9.33. The molecule has 2 saturated carbocycles. The Labute approximate surface area is 210 Å². The van der Waals surface area contributed by atoms with Crippen LogP contribution >= 0.6 is 23.2 Å². The predicted octanol–water partition coefficient (Wildman–Crippen LogP) is 4.06. The van der Waals surface area contributed by atoms with Crippen molar-refractivity contribution in [2.45, 2.75) is 55.1 Å². The molecule has 4 unspecified atom stereocenters. The van der Waals surface area contributed by atoms with Crippen molar-refractivity contribution in [2.24, 2.45) is 5.92 Å². The summed E-state index contributed by atoms with van der Waals surface area (Å²) >= 11 is 12.6. The minimum absolute atomic E-state index is 0.00949. The van der Waals surface area contributed by atoms with E-state index in [-0.39, 0.29) is 17.9 Å². The van der Waals surface area contributed by atoms with E-state index >= 15 is 0 Å². The molecule has 2 aromatic carbocycles. The Kier molecular flexibility index (Phi) is 5.25. The highest BCUT2D eigenvalue weighted by Gasteiger charge is 2.71. The number of likely N-dealkylation sites (N-methyl/N-ethyl adjacent to an activating group) is 1. The molecule has 4 aliphatic rings. The number of piperidine rings is 1. The van der Waals surface area contributed by atoms with Crippen molar-refractivity contribution in [1.29, 1.82) is 0 Å². The summed E-state index contributed by atoms with van der Waals surface area (Å²) in [5.41, 5.74) is 1.51. The Morgan fingerprint density at radius 3 is 2.47 bits per heavy atom. The van der Waals surface area contributed by atoms with Gasteiger partial charge in [-0.25, -0.2) is 0 Å². The smallest absolute Gasteiger partial charge is 0.245 e. The first-order chi connectivity index (χ1) is 16.3. The van der Waals surface area contributed by atoms with Crippen molar-refractivity contribution in [3.8, 4) is 0 Å². The Hall–Kier alpha value is -2.08. The maximum absolute atomic E-state index is 13.8. The molecule has 2 saturated heterocycles. The van der Waals surface area contributed by atoms with E-state index in [0.29, 0.717) is 40.8 Å². The maximum atomic E-state index is 13.8. The normalized spacial score (nSPS) is 28.8. The molecule has 178 valence electrons. The van der Waals surface area contributed by atoms with Gasteiger partial charge in [-0.05, 0) is 48.9 Å². The number of halogens is 2. The summed E-state index contributed by atoms with van der Waals surface area (Å²) in [4.78, 5) is 31.9. The second-order valence-corrected chi connectivity index (χ2v) is 11.4. The molecule has 0 aromatic heterocycles. The summed E-state index contributed by atoms with van der Waals surface area (Å²) in [6, 6.07) is 14.8. The molecule has 6 rings (SSSR count). The fourth-order valence-corrected chi connectivity index (χ4v) is 7.01. The maximum Gasteiger partial charge on any atom is 0.245 e. The highest BCUT2D eigenvalue weighted by atomic mass is 35.5. The molecule has 4 atom stereocenters. The van der Waals surface area contributed by atoms with Crippen LogP contribution in [0.4, 0.5) is 0 Å². The van der Waals surface area contributed by atoms with Crippen molar-refractivity contribution in [3.63, 3.8) is 0 Å². The number of nitrogens with one attached hydrogen (secondary N) is 1. The third kappa shape index (κ3) is 3.47. The lowest BCUT2D eigenvalue weighted by Crippen LogP contribution is -2.54. The molecular weight excluding hydrogens is 469 g/mol. The highest BCUT2D eigenvalue weighted by Crippen LogP contribution is 2.63. The molecule has 2 amide bonds. The van der Waals surface area contributed by atoms with E-state index in [0.717, 1.165) is 24.2 Å². The van der Waals surface area contributed by atoms with E-state index in [1.165, 1.54) is 12.8 Å². The zero-order chi connectivity index (χ0) is 23.7. The van der Waals surface area contributed by atoms with E-state index in [1.54, 1.807) is 12.1 Å². The number of nitrogens with zero attached hydrogens (tertiary/aromatic N) is 2. The van der Waals surface area contributed by atoms with E-state index in [1.807, 2.05) is 48.3 Å². The lowest BCUT2D eigenvalue weighted by molar-refractivity contribution is -0.137. The third-order valence-electron chi connectivity index (χ3n) is 8.78. The lowest BCUT2D eigenvalue weighted by Gasteiger charge is -2.39. The molecule has 2 aliphatic heterocycles. The van der Waals surface area contributed by atoms with Crippen LogP contribution in [-0.2, 0) is 21.4 Å². The molecule has 0 radical (unpaired) electrons. The van der Waals surface area contributed by atoms with Gasteiger partial charge < -0.3 is 10.2 Å². The van der Waals surface area contributed by atoms with Crippen LogP contribution in [0.15, 0.2) is 48.5 Å².